The molecule has 7 nitrogen and oxygen atoms in total. The van der Waals surface area contributed by atoms with Crippen LogP contribution in [0.15, 0.2) is 18.2 Å². The second kappa shape index (κ2) is 7.91. The van der Waals surface area contributed by atoms with Crippen molar-refractivity contribution in [2.45, 2.75) is 63.6 Å². The van der Waals surface area contributed by atoms with Gasteiger partial charge in [-0.2, -0.15) is 0 Å². The number of carbonyl (C=O) groups excluding carboxylic acids is 1. The van der Waals surface area contributed by atoms with Gasteiger partial charge in [-0.1, -0.05) is 6.07 Å². The highest BCUT2D eigenvalue weighted by Gasteiger charge is 2.53. The number of fused-ring (bicyclic) bond motifs is 3. The van der Waals surface area contributed by atoms with Crippen molar-refractivity contribution in [2.75, 3.05) is 17.6 Å². The first-order valence-corrected chi connectivity index (χ1v) is 11.0. The van der Waals surface area contributed by atoms with E-state index >= 15 is 0 Å². The number of amides is 1. The number of rotatable bonds is 5. The van der Waals surface area contributed by atoms with Gasteiger partial charge in [-0.3, -0.25) is 4.79 Å². The summed E-state index contributed by atoms with van der Waals surface area (Å²) in [6, 6.07) is 5.18. The summed E-state index contributed by atoms with van der Waals surface area (Å²) in [7, 11) is 0. The molecule has 3 aliphatic heterocycles. The van der Waals surface area contributed by atoms with Gasteiger partial charge < -0.3 is 20.7 Å². The minimum atomic E-state index is -0.645. The summed E-state index contributed by atoms with van der Waals surface area (Å²) in [5.74, 6) is 0.660. The van der Waals surface area contributed by atoms with Crippen molar-refractivity contribution in [1.29, 1.82) is 0 Å². The number of nitrogens with zero attached hydrogens (tertiary/aromatic N) is 3. The normalized spacial score (nSPS) is 24.3. The average molecular weight is 446 g/mol. The largest absolute Gasteiger partial charge is 0.399 e. The molecule has 3 N–H and O–H groups in total. The van der Waals surface area contributed by atoms with E-state index in [1.54, 1.807) is 18.2 Å². The number of benzene rings is 1. The summed E-state index contributed by atoms with van der Waals surface area (Å²) in [6.45, 7) is 0.828. The van der Waals surface area contributed by atoms with E-state index < -0.39 is 12.3 Å². The number of aromatic nitrogens is 2. The first-order valence-electron chi connectivity index (χ1n) is 10.7. The van der Waals surface area contributed by atoms with Gasteiger partial charge in [0, 0.05) is 30.8 Å². The van der Waals surface area contributed by atoms with E-state index in [4.69, 9.17) is 22.1 Å². The lowest BCUT2D eigenvalue weighted by atomic mass is 9.87. The molecule has 2 bridgehead atoms. The van der Waals surface area contributed by atoms with E-state index in [2.05, 4.69) is 15.3 Å². The van der Waals surface area contributed by atoms with Crippen molar-refractivity contribution in [1.82, 2.24) is 14.9 Å². The van der Waals surface area contributed by atoms with Gasteiger partial charge in [0.05, 0.1) is 18.3 Å². The van der Waals surface area contributed by atoms with Crippen LogP contribution in [0.25, 0.3) is 0 Å². The van der Waals surface area contributed by atoms with Gasteiger partial charge in [-0.05, 0) is 60.5 Å². The molecule has 4 heterocycles. The molecular weight excluding hydrogens is 421 g/mol. The molecule has 2 fully saturated rings. The monoisotopic (exact) mass is 445 g/mol. The number of hydrogen-bond donors (Lipinski definition) is 2. The second-order valence-electron chi connectivity index (χ2n) is 8.62. The highest BCUT2D eigenvalue weighted by molar-refractivity contribution is 6.28. The number of carbonyl (C=O) groups is 1. The Kier molecular flexibility index (Phi) is 5.22. The molecule has 2 aromatic rings. The van der Waals surface area contributed by atoms with Crippen LogP contribution >= 0.6 is 11.6 Å². The molecule has 0 radical (unpaired) electrons. The Bertz CT molecular complexity index is 1030. The van der Waals surface area contributed by atoms with E-state index in [1.807, 2.05) is 4.90 Å². The van der Waals surface area contributed by atoms with Crippen molar-refractivity contribution < 1.29 is 13.9 Å². The summed E-state index contributed by atoms with van der Waals surface area (Å²) in [5.41, 5.74) is 8.83. The van der Waals surface area contributed by atoms with Crippen LogP contribution in [-0.2, 0) is 35.7 Å². The lowest BCUT2D eigenvalue weighted by Crippen LogP contribution is -2.49. The summed E-state index contributed by atoms with van der Waals surface area (Å²) in [6.07, 6.45) is 4.36. The zero-order valence-corrected chi connectivity index (χ0v) is 17.9. The first kappa shape index (κ1) is 20.5. The van der Waals surface area contributed by atoms with Crippen LogP contribution in [0.2, 0.25) is 5.28 Å². The standard InChI is InChI=1S/C22H25ClFN5O2/c23-21-27-18-3-6-29(20(30)22-4-1-16(31-22)2-5-22)12-17(18)19(28-21)26-11-14-7-13(10-24)8-15(25)9-14/h7-9,16H,1-6,10-12,25H2,(H,26,27,28). The fourth-order valence-corrected chi connectivity index (χ4v) is 5.21. The molecule has 9 heteroatoms. The topological polar surface area (TPSA) is 93.4 Å². The van der Waals surface area contributed by atoms with E-state index in [0.29, 0.717) is 43.1 Å². The van der Waals surface area contributed by atoms with Gasteiger partial charge >= 0.3 is 0 Å². The summed E-state index contributed by atoms with van der Waals surface area (Å²) in [4.78, 5) is 23.9. The number of anilines is 2. The molecule has 1 aromatic heterocycles. The molecule has 1 aromatic carbocycles. The second-order valence-corrected chi connectivity index (χ2v) is 8.96. The minimum absolute atomic E-state index is 0.0717. The Morgan fingerprint density at radius 1 is 1.29 bits per heavy atom. The Hall–Kier alpha value is -2.45. The maximum atomic E-state index is 13.3. The fourth-order valence-electron chi connectivity index (χ4n) is 5.02. The van der Waals surface area contributed by atoms with E-state index in [9.17, 15) is 9.18 Å². The van der Waals surface area contributed by atoms with Gasteiger partial charge in [0.25, 0.3) is 5.91 Å². The van der Waals surface area contributed by atoms with Gasteiger partial charge in [-0.25, -0.2) is 14.4 Å². The zero-order chi connectivity index (χ0) is 21.6. The summed E-state index contributed by atoms with van der Waals surface area (Å²) in [5, 5.41) is 3.45. The minimum Gasteiger partial charge on any atom is -0.399 e. The molecule has 31 heavy (non-hydrogen) atoms. The molecule has 0 saturated carbocycles. The molecule has 1 amide bonds. The number of hydrogen-bond acceptors (Lipinski definition) is 6. The number of nitrogens with two attached hydrogens (primary N) is 1. The average Bonchev–Trinajstić information content (AvgIpc) is 3.39. The number of ether oxygens (including phenoxy) is 1. The van der Waals surface area contributed by atoms with Gasteiger partial charge in [0.2, 0.25) is 5.28 Å². The van der Waals surface area contributed by atoms with Crippen LogP contribution in [0.3, 0.4) is 0 Å². The van der Waals surface area contributed by atoms with Gasteiger partial charge in [0.15, 0.2) is 0 Å². The third-order valence-electron chi connectivity index (χ3n) is 6.53. The fraction of sp³-hybridized carbons (Fsp3) is 0.500. The smallest absolute Gasteiger partial charge is 0.255 e. The molecular formula is C22H25ClFN5O2. The third-order valence-corrected chi connectivity index (χ3v) is 6.70. The molecule has 5 rings (SSSR count). The Balaban J connectivity index is 1.37. The number of halogens is 2. The molecule has 164 valence electrons. The quantitative estimate of drug-likeness (QED) is 0.541. The number of nitrogen functional groups attached to an aromatic ring is 1. The van der Waals surface area contributed by atoms with Gasteiger partial charge in [-0.15, -0.1) is 0 Å². The Labute approximate surface area is 185 Å². The maximum absolute atomic E-state index is 13.3. The van der Waals surface area contributed by atoms with Crippen molar-refractivity contribution in [3.63, 3.8) is 0 Å². The van der Waals surface area contributed by atoms with Crippen molar-refractivity contribution in [3.05, 3.63) is 45.9 Å². The van der Waals surface area contributed by atoms with Crippen LogP contribution in [0.5, 0.6) is 0 Å². The predicted octanol–water partition coefficient (Wildman–Crippen LogP) is 3.39. The van der Waals surface area contributed by atoms with Crippen molar-refractivity contribution >= 4 is 29.0 Å². The molecule has 0 aliphatic carbocycles. The lowest BCUT2D eigenvalue weighted by molar-refractivity contribution is -0.152. The zero-order valence-electron chi connectivity index (χ0n) is 17.2. The van der Waals surface area contributed by atoms with Crippen LogP contribution in [0, 0.1) is 0 Å². The number of alkyl halides is 1. The van der Waals surface area contributed by atoms with Crippen LogP contribution in [-0.4, -0.2) is 39.0 Å². The van der Waals surface area contributed by atoms with Crippen LogP contribution < -0.4 is 11.1 Å². The Morgan fingerprint density at radius 3 is 2.77 bits per heavy atom. The summed E-state index contributed by atoms with van der Waals surface area (Å²) >= 11 is 6.16. The van der Waals surface area contributed by atoms with E-state index in [-0.39, 0.29) is 17.3 Å². The van der Waals surface area contributed by atoms with Crippen LogP contribution in [0.4, 0.5) is 15.9 Å². The lowest BCUT2D eigenvalue weighted by Gasteiger charge is -2.35. The molecule has 3 aliphatic rings. The van der Waals surface area contributed by atoms with E-state index in [1.165, 1.54) is 0 Å². The molecule has 2 saturated heterocycles. The molecule has 0 spiro atoms. The van der Waals surface area contributed by atoms with Crippen molar-refractivity contribution in [3.8, 4) is 0 Å². The van der Waals surface area contributed by atoms with Crippen molar-refractivity contribution in [2.24, 2.45) is 0 Å². The highest BCUT2D eigenvalue weighted by Crippen LogP contribution is 2.45. The maximum Gasteiger partial charge on any atom is 0.255 e. The Morgan fingerprint density at radius 2 is 2.06 bits per heavy atom. The highest BCUT2D eigenvalue weighted by atomic mass is 35.5. The van der Waals surface area contributed by atoms with E-state index in [0.717, 1.165) is 42.5 Å². The SMILES string of the molecule is Nc1cc(CF)cc(CNc2nc(Cl)nc3c2CN(C(=O)C24CCC(CC2)O4)CC3)c1. The van der Waals surface area contributed by atoms with Crippen LogP contribution in [0.1, 0.15) is 48.1 Å². The third kappa shape index (κ3) is 3.83. The first-order chi connectivity index (χ1) is 15.0. The molecule has 0 atom stereocenters. The summed E-state index contributed by atoms with van der Waals surface area (Å²) < 4.78 is 19.1. The molecule has 0 unspecified atom stereocenters. The number of nitrogens with one attached hydrogen (secondary N) is 1. The predicted molar refractivity (Wildman–Crippen MR) is 115 cm³/mol. The van der Waals surface area contributed by atoms with Gasteiger partial charge in [0.1, 0.15) is 18.1 Å².